The molecule has 2 rings (SSSR count). The van der Waals surface area contributed by atoms with E-state index in [1.807, 2.05) is 38.1 Å². The number of pyridine rings is 1. The predicted octanol–water partition coefficient (Wildman–Crippen LogP) is 3.44. The molecule has 0 aliphatic carbocycles. The lowest BCUT2D eigenvalue weighted by Gasteiger charge is -2.08. The van der Waals surface area contributed by atoms with E-state index < -0.39 is 0 Å². The zero-order chi connectivity index (χ0) is 11.5. The number of nitrogens with zero attached hydrogens (tertiary/aromatic N) is 1. The van der Waals surface area contributed by atoms with Crippen molar-refractivity contribution in [2.45, 2.75) is 19.8 Å². The zero-order valence-electron chi connectivity index (χ0n) is 9.31. The molecule has 0 saturated carbocycles. The van der Waals surface area contributed by atoms with Gasteiger partial charge in [-0.05, 0) is 36.8 Å². The Hall–Kier alpha value is -1.48. The molecule has 2 aromatic rings. The predicted molar refractivity (Wildman–Crippen MR) is 66.0 cm³/mol. The lowest BCUT2D eigenvalue weighted by atomic mass is 9.97. The van der Waals surface area contributed by atoms with Gasteiger partial charge in [0.1, 0.15) is 0 Å². The second kappa shape index (κ2) is 4.58. The van der Waals surface area contributed by atoms with Gasteiger partial charge in [-0.15, -0.1) is 11.3 Å². The molecule has 16 heavy (non-hydrogen) atoms. The number of hydrogen-bond acceptors (Lipinski definition) is 3. The molecule has 0 spiro atoms. The van der Waals surface area contributed by atoms with Crippen LogP contribution < -0.4 is 0 Å². The van der Waals surface area contributed by atoms with Crippen molar-refractivity contribution >= 4 is 17.1 Å². The van der Waals surface area contributed by atoms with E-state index in [0.717, 1.165) is 10.4 Å². The van der Waals surface area contributed by atoms with Gasteiger partial charge in [-0.3, -0.25) is 9.78 Å². The number of aryl methyl sites for hydroxylation is 1. The third-order valence-electron chi connectivity index (χ3n) is 2.58. The Morgan fingerprint density at radius 3 is 2.50 bits per heavy atom. The van der Waals surface area contributed by atoms with Crippen LogP contribution in [0.25, 0.3) is 0 Å². The van der Waals surface area contributed by atoms with Crippen LogP contribution in [0.4, 0.5) is 0 Å². The fourth-order valence-electron chi connectivity index (χ4n) is 1.58. The zero-order valence-corrected chi connectivity index (χ0v) is 10.1. The van der Waals surface area contributed by atoms with Crippen molar-refractivity contribution in [3.63, 3.8) is 0 Å². The van der Waals surface area contributed by atoms with Crippen molar-refractivity contribution in [3.8, 4) is 0 Å². The molecule has 3 heteroatoms. The molecule has 0 saturated heterocycles. The Balaban J connectivity index is 2.23. The molecule has 2 nitrogen and oxygen atoms in total. The summed E-state index contributed by atoms with van der Waals surface area (Å²) in [7, 11) is 0. The lowest BCUT2D eigenvalue weighted by Crippen LogP contribution is -2.07. The molecule has 2 aromatic heterocycles. The van der Waals surface area contributed by atoms with Gasteiger partial charge in [-0.2, -0.15) is 0 Å². The number of thiophene rings is 1. The normalized spacial score (nSPS) is 12.4. The highest BCUT2D eigenvalue weighted by Gasteiger charge is 2.18. The number of carbonyl (C=O) groups is 1. The quantitative estimate of drug-likeness (QED) is 0.757. The minimum atomic E-state index is -0.0963. The smallest absolute Gasteiger partial charge is 0.179 e. The van der Waals surface area contributed by atoms with Gasteiger partial charge in [0.05, 0.1) is 4.88 Å². The van der Waals surface area contributed by atoms with Gasteiger partial charge >= 0.3 is 0 Å². The van der Waals surface area contributed by atoms with Gasteiger partial charge in [0.15, 0.2) is 5.78 Å². The van der Waals surface area contributed by atoms with Gasteiger partial charge in [0.25, 0.3) is 0 Å². The molecule has 82 valence electrons. The Bertz CT molecular complexity index is 490. The molecule has 1 atom stereocenters. The van der Waals surface area contributed by atoms with E-state index in [-0.39, 0.29) is 11.7 Å². The van der Waals surface area contributed by atoms with Crippen LogP contribution >= 0.6 is 11.3 Å². The number of Topliss-reactive ketones (excluding diaryl/α,β-unsaturated/α-hetero) is 1. The fraction of sp³-hybridized carbons (Fsp3) is 0.231. The maximum atomic E-state index is 12.1. The minimum Gasteiger partial charge on any atom is -0.293 e. The molecule has 0 N–H and O–H groups in total. The van der Waals surface area contributed by atoms with E-state index in [2.05, 4.69) is 4.98 Å². The lowest BCUT2D eigenvalue weighted by molar-refractivity contribution is 0.0970. The van der Waals surface area contributed by atoms with Crippen LogP contribution in [0.5, 0.6) is 0 Å². The Labute approximate surface area is 99.0 Å². The second-order valence-electron chi connectivity index (χ2n) is 3.78. The van der Waals surface area contributed by atoms with Crippen LogP contribution in [-0.2, 0) is 0 Å². The first kappa shape index (κ1) is 11.0. The van der Waals surface area contributed by atoms with Gasteiger partial charge in [0.2, 0.25) is 0 Å². The summed E-state index contributed by atoms with van der Waals surface area (Å²) in [4.78, 5) is 18.1. The van der Waals surface area contributed by atoms with Gasteiger partial charge in [-0.25, -0.2) is 0 Å². The molecule has 0 radical (unpaired) electrons. The van der Waals surface area contributed by atoms with E-state index in [1.54, 1.807) is 23.7 Å². The van der Waals surface area contributed by atoms with Gasteiger partial charge < -0.3 is 0 Å². The molecule has 0 bridgehead atoms. The summed E-state index contributed by atoms with van der Waals surface area (Å²) in [5, 5.41) is 0. The summed E-state index contributed by atoms with van der Waals surface area (Å²) in [6, 6.07) is 7.67. The van der Waals surface area contributed by atoms with Gasteiger partial charge in [0, 0.05) is 23.2 Å². The number of hydrogen-bond donors (Lipinski definition) is 0. The highest BCUT2D eigenvalue weighted by molar-refractivity contribution is 7.14. The largest absolute Gasteiger partial charge is 0.293 e. The first-order valence-electron chi connectivity index (χ1n) is 5.19. The first-order valence-corrected chi connectivity index (χ1v) is 6.00. The molecule has 0 aromatic carbocycles. The van der Waals surface area contributed by atoms with Crippen LogP contribution in [0.15, 0.2) is 36.7 Å². The monoisotopic (exact) mass is 231 g/mol. The summed E-state index contributed by atoms with van der Waals surface area (Å²) in [6.45, 7) is 3.95. The molecule has 2 heterocycles. The topological polar surface area (TPSA) is 30.0 Å². The summed E-state index contributed by atoms with van der Waals surface area (Å²) in [5.41, 5.74) is 1.02. The minimum absolute atomic E-state index is 0.0963. The average Bonchev–Trinajstić information content (AvgIpc) is 2.75. The third-order valence-corrected chi connectivity index (χ3v) is 3.60. The standard InChI is InChI=1S/C13H13NOS/c1-9-3-4-12(16-9)13(15)10(2)11-5-7-14-8-6-11/h3-8,10H,1-2H3. The van der Waals surface area contributed by atoms with Crippen molar-refractivity contribution in [1.82, 2.24) is 4.98 Å². The molecule has 0 amide bonds. The van der Waals surface area contributed by atoms with Crippen molar-refractivity contribution in [1.29, 1.82) is 0 Å². The Morgan fingerprint density at radius 2 is 1.94 bits per heavy atom. The number of rotatable bonds is 3. The molecular formula is C13H13NOS. The summed E-state index contributed by atoms with van der Waals surface area (Å²) in [6.07, 6.45) is 3.44. The summed E-state index contributed by atoms with van der Waals surface area (Å²) in [5.74, 6) is 0.0883. The van der Waals surface area contributed by atoms with E-state index in [4.69, 9.17) is 0 Å². The summed E-state index contributed by atoms with van der Waals surface area (Å²) < 4.78 is 0. The summed E-state index contributed by atoms with van der Waals surface area (Å²) >= 11 is 1.55. The van der Waals surface area contributed by atoms with Crippen LogP contribution in [0.2, 0.25) is 0 Å². The van der Waals surface area contributed by atoms with Crippen LogP contribution in [0, 0.1) is 6.92 Å². The number of aromatic nitrogens is 1. The van der Waals surface area contributed by atoms with Crippen molar-refractivity contribution in [2.24, 2.45) is 0 Å². The fourth-order valence-corrected chi connectivity index (χ4v) is 2.48. The van der Waals surface area contributed by atoms with E-state index in [0.29, 0.717) is 0 Å². The van der Waals surface area contributed by atoms with Crippen molar-refractivity contribution in [2.75, 3.05) is 0 Å². The molecule has 0 aliphatic heterocycles. The average molecular weight is 231 g/mol. The Kier molecular flexibility index (Phi) is 3.15. The number of ketones is 1. The second-order valence-corrected chi connectivity index (χ2v) is 5.06. The highest BCUT2D eigenvalue weighted by Crippen LogP contribution is 2.24. The van der Waals surface area contributed by atoms with E-state index in [9.17, 15) is 4.79 Å². The first-order chi connectivity index (χ1) is 7.68. The van der Waals surface area contributed by atoms with Crippen LogP contribution in [0.1, 0.15) is 33.0 Å². The SMILES string of the molecule is Cc1ccc(C(=O)C(C)c2ccncc2)s1. The van der Waals surface area contributed by atoms with Crippen LogP contribution in [0.3, 0.4) is 0 Å². The van der Waals surface area contributed by atoms with Gasteiger partial charge in [-0.1, -0.05) is 6.92 Å². The maximum absolute atomic E-state index is 12.1. The van der Waals surface area contributed by atoms with E-state index in [1.165, 1.54) is 4.88 Å². The third kappa shape index (κ3) is 2.19. The van der Waals surface area contributed by atoms with Crippen molar-refractivity contribution in [3.05, 3.63) is 52.0 Å². The molecular weight excluding hydrogens is 218 g/mol. The van der Waals surface area contributed by atoms with Crippen LogP contribution in [-0.4, -0.2) is 10.8 Å². The molecule has 1 unspecified atom stereocenters. The number of carbonyl (C=O) groups excluding carboxylic acids is 1. The maximum Gasteiger partial charge on any atom is 0.179 e. The molecule has 0 aliphatic rings. The van der Waals surface area contributed by atoms with Crippen molar-refractivity contribution < 1.29 is 4.79 Å². The molecule has 0 fully saturated rings. The highest BCUT2D eigenvalue weighted by atomic mass is 32.1. The van der Waals surface area contributed by atoms with E-state index >= 15 is 0 Å². The Morgan fingerprint density at radius 1 is 1.25 bits per heavy atom.